The second-order valence-corrected chi connectivity index (χ2v) is 8.26. The number of rotatable bonds is 10. The van der Waals surface area contributed by atoms with Crippen LogP contribution in [0, 0.1) is 0 Å². The number of hydrogen-bond acceptors (Lipinski definition) is 5. The molecule has 2 amide bonds. The van der Waals surface area contributed by atoms with E-state index >= 15 is 0 Å². The van der Waals surface area contributed by atoms with Gasteiger partial charge < -0.3 is 10.6 Å². The minimum atomic E-state index is -4.29. The molecule has 0 aliphatic rings. The van der Waals surface area contributed by atoms with E-state index in [1.807, 2.05) is 0 Å². The van der Waals surface area contributed by atoms with Gasteiger partial charge in [-0.3, -0.25) is 14.5 Å². The molecule has 0 spiro atoms. The third kappa shape index (κ3) is 9.72. The Labute approximate surface area is 167 Å². The van der Waals surface area contributed by atoms with Crippen molar-refractivity contribution < 1.29 is 31.2 Å². The van der Waals surface area contributed by atoms with Crippen LogP contribution >= 0.6 is 0 Å². The first kappa shape index (κ1) is 24.9. The van der Waals surface area contributed by atoms with Crippen LogP contribution in [0.5, 0.6) is 0 Å². The van der Waals surface area contributed by atoms with Gasteiger partial charge in [0.05, 0.1) is 17.5 Å². The summed E-state index contributed by atoms with van der Waals surface area (Å²) in [5.41, 5.74) is 0.428. The fourth-order valence-electron chi connectivity index (χ4n) is 2.37. The third-order valence-electron chi connectivity index (χ3n) is 3.68. The maximum Gasteiger partial charge on any atom is 0.401 e. The number of carbonyl (C=O) groups is 2. The van der Waals surface area contributed by atoms with Crippen molar-refractivity contribution >= 4 is 27.5 Å². The Morgan fingerprint density at radius 3 is 2.28 bits per heavy atom. The van der Waals surface area contributed by atoms with Gasteiger partial charge in [-0.1, -0.05) is 0 Å². The SMILES string of the molecule is CC(=O)Nc1ccc(S(=O)(=O)N[C@@H](C)C(=O)NCCCN(C)CC(F)(F)F)cc1. The van der Waals surface area contributed by atoms with Crippen LogP contribution in [0.25, 0.3) is 0 Å². The monoisotopic (exact) mass is 438 g/mol. The maximum atomic E-state index is 12.3. The van der Waals surface area contributed by atoms with Crippen LogP contribution in [-0.2, 0) is 19.6 Å². The molecule has 0 saturated heterocycles. The van der Waals surface area contributed by atoms with Crippen molar-refractivity contribution in [2.75, 3.05) is 32.0 Å². The van der Waals surface area contributed by atoms with Crippen LogP contribution < -0.4 is 15.4 Å². The quantitative estimate of drug-likeness (QED) is 0.478. The number of benzene rings is 1. The van der Waals surface area contributed by atoms with E-state index in [2.05, 4.69) is 15.4 Å². The molecule has 0 unspecified atom stereocenters. The van der Waals surface area contributed by atoms with E-state index in [9.17, 15) is 31.2 Å². The van der Waals surface area contributed by atoms with Gasteiger partial charge in [0.25, 0.3) is 0 Å². The molecule has 29 heavy (non-hydrogen) atoms. The number of carbonyl (C=O) groups excluding carboxylic acids is 2. The number of nitrogens with one attached hydrogen (secondary N) is 3. The number of halogens is 3. The van der Waals surface area contributed by atoms with Crippen LogP contribution in [0.15, 0.2) is 29.2 Å². The fourth-order valence-corrected chi connectivity index (χ4v) is 3.58. The highest BCUT2D eigenvalue weighted by Gasteiger charge is 2.28. The van der Waals surface area contributed by atoms with E-state index in [-0.39, 0.29) is 30.3 Å². The van der Waals surface area contributed by atoms with Crippen molar-refractivity contribution in [1.29, 1.82) is 0 Å². The number of alkyl halides is 3. The van der Waals surface area contributed by atoms with Crippen LogP contribution in [-0.4, -0.2) is 64.0 Å². The Morgan fingerprint density at radius 2 is 1.76 bits per heavy atom. The normalized spacial score (nSPS) is 13.2. The summed E-state index contributed by atoms with van der Waals surface area (Å²) in [6.07, 6.45) is -4.01. The highest BCUT2D eigenvalue weighted by atomic mass is 32.2. The van der Waals surface area contributed by atoms with E-state index in [0.29, 0.717) is 5.69 Å². The molecule has 164 valence electrons. The molecule has 0 radical (unpaired) electrons. The molecule has 0 heterocycles. The number of nitrogens with zero attached hydrogens (tertiary/aromatic N) is 1. The van der Waals surface area contributed by atoms with Crippen molar-refractivity contribution in [3.63, 3.8) is 0 Å². The lowest BCUT2D eigenvalue weighted by Crippen LogP contribution is -2.45. The Morgan fingerprint density at radius 1 is 1.17 bits per heavy atom. The van der Waals surface area contributed by atoms with Crippen LogP contribution in [0.1, 0.15) is 20.3 Å². The summed E-state index contributed by atoms with van der Waals surface area (Å²) in [5, 5.41) is 4.99. The Kier molecular flexibility index (Phi) is 9.05. The zero-order chi connectivity index (χ0) is 22.2. The molecule has 1 aromatic rings. The number of amides is 2. The zero-order valence-electron chi connectivity index (χ0n) is 16.3. The fraction of sp³-hybridized carbons (Fsp3) is 0.529. The predicted octanol–water partition coefficient (Wildman–Crippen LogP) is 1.31. The molecule has 12 heteroatoms. The van der Waals surface area contributed by atoms with E-state index in [4.69, 9.17) is 0 Å². The summed E-state index contributed by atoms with van der Waals surface area (Å²) in [7, 11) is -2.65. The molecule has 0 bridgehead atoms. The van der Waals surface area contributed by atoms with Crippen molar-refractivity contribution in [3.05, 3.63) is 24.3 Å². The minimum absolute atomic E-state index is 0.0833. The lowest BCUT2D eigenvalue weighted by atomic mass is 10.3. The molecule has 1 atom stereocenters. The standard InChI is InChI=1S/C17H25F3N4O4S/c1-12(16(26)21-9-4-10-24(3)11-17(18,19)20)23-29(27,28)15-7-5-14(6-8-15)22-13(2)25/h5-8,12,23H,4,9-11H2,1-3H3,(H,21,26)(H,22,25)/t12-/m0/s1. The highest BCUT2D eigenvalue weighted by molar-refractivity contribution is 7.89. The second kappa shape index (κ2) is 10.6. The van der Waals surface area contributed by atoms with Crippen LogP contribution in [0.3, 0.4) is 0 Å². The third-order valence-corrected chi connectivity index (χ3v) is 5.23. The van der Waals surface area contributed by atoms with Crippen molar-refractivity contribution in [3.8, 4) is 0 Å². The average molecular weight is 438 g/mol. The topological polar surface area (TPSA) is 108 Å². The molecular formula is C17H25F3N4O4S. The number of anilines is 1. The van der Waals surface area contributed by atoms with Crippen LogP contribution in [0.4, 0.5) is 18.9 Å². The molecule has 0 aliphatic carbocycles. The predicted molar refractivity (Wildman–Crippen MR) is 102 cm³/mol. The van der Waals surface area contributed by atoms with Crippen molar-refractivity contribution in [2.45, 2.75) is 37.4 Å². The van der Waals surface area contributed by atoms with Gasteiger partial charge >= 0.3 is 6.18 Å². The van der Waals surface area contributed by atoms with Gasteiger partial charge in [0, 0.05) is 19.2 Å². The van der Waals surface area contributed by atoms with Crippen molar-refractivity contribution in [1.82, 2.24) is 14.9 Å². The lowest BCUT2D eigenvalue weighted by Gasteiger charge is -2.19. The van der Waals surface area contributed by atoms with Crippen molar-refractivity contribution in [2.24, 2.45) is 0 Å². The van der Waals surface area contributed by atoms with Gasteiger partial charge in [-0.2, -0.15) is 17.9 Å². The summed E-state index contributed by atoms with van der Waals surface area (Å²) in [6.45, 7) is 1.87. The van der Waals surface area contributed by atoms with Crippen LogP contribution in [0.2, 0.25) is 0 Å². The first-order valence-electron chi connectivity index (χ1n) is 8.73. The summed E-state index contributed by atoms with van der Waals surface area (Å²) in [6, 6.07) is 4.32. The minimum Gasteiger partial charge on any atom is -0.355 e. The summed E-state index contributed by atoms with van der Waals surface area (Å²) < 4.78 is 63.6. The first-order valence-corrected chi connectivity index (χ1v) is 10.2. The molecule has 0 fully saturated rings. The zero-order valence-corrected chi connectivity index (χ0v) is 17.2. The molecular weight excluding hydrogens is 413 g/mol. The largest absolute Gasteiger partial charge is 0.401 e. The molecule has 0 aliphatic heterocycles. The second-order valence-electron chi connectivity index (χ2n) is 6.55. The Hall–Kier alpha value is -2.18. The first-order chi connectivity index (χ1) is 13.3. The smallest absolute Gasteiger partial charge is 0.355 e. The molecule has 3 N–H and O–H groups in total. The van der Waals surface area contributed by atoms with Gasteiger partial charge in [-0.25, -0.2) is 8.42 Å². The maximum absolute atomic E-state index is 12.3. The van der Waals surface area contributed by atoms with E-state index in [0.717, 1.165) is 4.90 Å². The number of sulfonamides is 1. The number of hydrogen-bond donors (Lipinski definition) is 3. The van der Waals surface area contributed by atoms with Gasteiger partial charge in [-0.15, -0.1) is 0 Å². The Bertz CT molecular complexity index is 798. The molecule has 1 aromatic carbocycles. The highest BCUT2D eigenvalue weighted by Crippen LogP contribution is 2.16. The summed E-state index contributed by atoms with van der Waals surface area (Å²) in [4.78, 5) is 24.0. The summed E-state index contributed by atoms with van der Waals surface area (Å²) >= 11 is 0. The average Bonchev–Trinajstić information content (AvgIpc) is 2.56. The molecule has 1 rings (SSSR count). The molecule has 8 nitrogen and oxygen atoms in total. The summed E-state index contributed by atoms with van der Waals surface area (Å²) in [5.74, 6) is -0.893. The molecule has 0 aromatic heterocycles. The van der Waals surface area contributed by atoms with Gasteiger partial charge in [0.1, 0.15) is 0 Å². The van der Waals surface area contributed by atoms with Gasteiger partial charge in [-0.05, 0) is 51.2 Å². The van der Waals surface area contributed by atoms with Gasteiger partial charge in [0.2, 0.25) is 21.8 Å². The van der Waals surface area contributed by atoms with E-state index < -0.39 is 34.7 Å². The Balaban J connectivity index is 2.49. The van der Waals surface area contributed by atoms with E-state index in [1.165, 1.54) is 45.2 Å². The van der Waals surface area contributed by atoms with Gasteiger partial charge in [0.15, 0.2) is 0 Å². The lowest BCUT2D eigenvalue weighted by molar-refractivity contribution is -0.143. The molecule has 0 saturated carbocycles. The van der Waals surface area contributed by atoms with E-state index in [1.54, 1.807) is 0 Å².